The first-order chi connectivity index (χ1) is 13.5. The molecule has 1 aromatic carbocycles. The number of amides is 1. The summed E-state index contributed by atoms with van der Waals surface area (Å²) in [6, 6.07) is 12.2. The van der Waals surface area contributed by atoms with Gasteiger partial charge >= 0.3 is 0 Å². The van der Waals surface area contributed by atoms with E-state index in [0.29, 0.717) is 0 Å². The van der Waals surface area contributed by atoms with E-state index in [4.69, 9.17) is 0 Å². The van der Waals surface area contributed by atoms with Crippen LogP contribution in [0.25, 0.3) is 5.69 Å². The van der Waals surface area contributed by atoms with Crippen LogP contribution in [0.3, 0.4) is 0 Å². The molecule has 0 atom stereocenters. The number of aromatic nitrogens is 2. The third kappa shape index (κ3) is 3.69. The number of carbonyl (C=O) groups excluding carboxylic acids is 1. The number of thiazole rings is 1. The average molecular weight is 395 g/mol. The summed E-state index contributed by atoms with van der Waals surface area (Å²) in [5, 5.41) is 3.15. The van der Waals surface area contributed by atoms with Gasteiger partial charge in [-0.25, -0.2) is 4.98 Å². The molecule has 28 heavy (non-hydrogen) atoms. The van der Waals surface area contributed by atoms with Gasteiger partial charge in [0.1, 0.15) is 0 Å². The lowest BCUT2D eigenvalue weighted by Gasteiger charge is -2.22. The minimum absolute atomic E-state index is 0.115. The highest BCUT2D eigenvalue weighted by atomic mass is 32.1. The maximum absolute atomic E-state index is 13.0. The summed E-state index contributed by atoms with van der Waals surface area (Å²) < 4.78 is 2.20. The Hall–Kier alpha value is -2.60. The van der Waals surface area contributed by atoms with Crippen LogP contribution in [0.15, 0.2) is 41.8 Å². The molecule has 3 heterocycles. The van der Waals surface area contributed by atoms with Crippen molar-refractivity contribution in [2.75, 3.05) is 31.1 Å². The molecule has 4 rings (SSSR count). The standard InChI is InChI=1S/C22H26N4OS/c1-16-15-28-22(23-16)25-12-4-11-24(13-14-25)21(27)19-7-9-20(10-8-19)26-17(2)5-6-18(26)3/h5-10,15H,4,11-14H2,1-3H3. The quantitative estimate of drug-likeness (QED) is 0.668. The van der Waals surface area contributed by atoms with Crippen molar-refractivity contribution in [3.8, 4) is 5.69 Å². The second-order valence-corrected chi connectivity index (χ2v) is 8.24. The number of hydrogen-bond donors (Lipinski definition) is 0. The lowest BCUT2D eigenvalue weighted by atomic mass is 10.1. The molecular formula is C22H26N4OS. The smallest absolute Gasteiger partial charge is 0.253 e. The van der Waals surface area contributed by atoms with Gasteiger partial charge in [0.2, 0.25) is 0 Å². The largest absolute Gasteiger partial charge is 0.346 e. The van der Waals surface area contributed by atoms with E-state index in [1.54, 1.807) is 11.3 Å². The van der Waals surface area contributed by atoms with Crippen molar-refractivity contribution in [3.05, 3.63) is 64.4 Å². The summed E-state index contributed by atoms with van der Waals surface area (Å²) in [7, 11) is 0. The number of hydrogen-bond acceptors (Lipinski definition) is 4. The van der Waals surface area contributed by atoms with E-state index in [2.05, 4.69) is 45.8 Å². The van der Waals surface area contributed by atoms with Crippen LogP contribution in [0.2, 0.25) is 0 Å². The van der Waals surface area contributed by atoms with Gasteiger partial charge in [0.25, 0.3) is 5.91 Å². The fourth-order valence-corrected chi connectivity index (χ4v) is 4.67. The van der Waals surface area contributed by atoms with Gasteiger partial charge in [-0.15, -0.1) is 11.3 Å². The van der Waals surface area contributed by atoms with Crippen LogP contribution >= 0.6 is 11.3 Å². The minimum Gasteiger partial charge on any atom is -0.346 e. The van der Waals surface area contributed by atoms with E-state index in [0.717, 1.165) is 54.7 Å². The van der Waals surface area contributed by atoms with Crippen molar-refractivity contribution in [2.24, 2.45) is 0 Å². The number of aryl methyl sites for hydroxylation is 3. The molecule has 0 unspecified atom stereocenters. The van der Waals surface area contributed by atoms with Crippen molar-refractivity contribution < 1.29 is 4.79 Å². The van der Waals surface area contributed by atoms with Gasteiger partial charge in [-0.2, -0.15) is 0 Å². The van der Waals surface area contributed by atoms with E-state index in [-0.39, 0.29) is 5.91 Å². The van der Waals surface area contributed by atoms with E-state index in [1.807, 2.05) is 36.1 Å². The molecule has 5 nitrogen and oxygen atoms in total. The van der Waals surface area contributed by atoms with Crippen LogP contribution in [0.1, 0.15) is 33.9 Å². The van der Waals surface area contributed by atoms with Crippen molar-refractivity contribution in [1.29, 1.82) is 0 Å². The summed E-state index contributed by atoms with van der Waals surface area (Å²) in [5.74, 6) is 0.115. The molecule has 1 aliphatic rings. The molecular weight excluding hydrogens is 368 g/mol. The van der Waals surface area contributed by atoms with Gasteiger partial charge in [0, 0.05) is 54.2 Å². The SMILES string of the molecule is Cc1csc(N2CCCN(C(=O)c3ccc(-n4c(C)ccc4C)cc3)CC2)n1. The Morgan fingerprint density at radius 3 is 2.29 bits per heavy atom. The Kier molecular flexibility index (Phi) is 5.22. The number of carbonyl (C=O) groups is 1. The molecule has 3 aromatic rings. The molecule has 1 amide bonds. The predicted octanol–water partition coefficient (Wildman–Crippen LogP) is 4.21. The van der Waals surface area contributed by atoms with E-state index < -0.39 is 0 Å². The van der Waals surface area contributed by atoms with Crippen LogP contribution in [-0.4, -0.2) is 46.5 Å². The maximum atomic E-state index is 13.0. The zero-order chi connectivity index (χ0) is 19.7. The summed E-state index contributed by atoms with van der Waals surface area (Å²) in [6.45, 7) is 9.51. The van der Waals surface area contributed by atoms with Gasteiger partial charge in [0.05, 0.1) is 5.69 Å². The average Bonchev–Trinajstić information content (AvgIpc) is 3.17. The Morgan fingerprint density at radius 1 is 0.929 bits per heavy atom. The molecule has 2 aromatic heterocycles. The molecule has 0 saturated carbocycles. The van der Waals surface area contributed by atoms with E-state index >= 15 is 0 Å². The first-order valence-corrected chi connectivity index (χ1v) is 10.6. The summed E-state index contributed by atoms with van der Waals surface area (Å²) in [4.78, 5) is 21.9. The first kappa shape index (κ1) is 18.7. The molecule has 0 N–H and O–H groups in total. The Bertz CT molecular complexity index is 953. The number of benzene rings is 1. The number of anilines is 1. The van der Waals surface area contributed by atoms with Crippen molar-refractivity contribution in [2.45, 2.75) is 27.2 Å². The normalized spacial score (nSPS) is 15.0. The van der Waals surface area contributed by atoms with Gasteiger partial charge < -0.3 is 14.4 Å². The summed E-state index contributed by atoms with van der Waals surface area (Å²) in [6.07, 6.45) is 0.963. The molecule has 0 radical (unpaired) electrons. The van der Waals surface area contributed by atoms with Crippen LogP contribution in [0.5, 0.6) is 0 Å². The molecule has 1 fully saturated rings. The van der Waals surface area contributed by atoms with Crippen LogP contribution < -0.4 is 4.90 Å². The van der Waals surface area contributed by atoms with Crippen LogP contribution in [0, 0.1) is 20.8 Å². The van der Waals surface area contributed by atoms with Gasteiger partial charge in [0.15, 0.2) is 5.13 Å². The van der Waals surface area contributed by atoms with Crippen LogP contribution in [-0.2, 0) is 0 Å². The number of nitrogens with zero attached hydrogens (tertiary/aromatic N) is 4. The highest BCUT2D eigenvalue weighted by Gasteiger charge is 2.21. The number of rotatable bonds is 3. The Balaban J connectivity index is 1.45. The topological polar surface area (TPSA) is 41.4 Å². The van der Waals surface area contributed by atoms with Gasteiger partial charge in [-0.1, -0.05) is 0 Å². The second kappa shape index (κ2) is 7.80. The van der Waals surface area contributed by atoms with Crippen molar-refractivity contribution in [1.82, 2.24) is 14.5 Å². The highest BCUT2D eigenvalue weighted by Crippen LogP contribution is 2.22. The van der Waals surface area contributed by atoms with Crippen molar-refractivity contribution >= 4 is 22.4 Å². The molecule has 146 valence electrons. The molecule has 0 spiro atoms. The zero-order valence-electron chi connectivity index (χ0n) is 16.7. The minimum atomic E-state index is 0.115. The van der Waals surface area contributed by atoms with Gasteiger partial charge in [-0.05, 0) is 63.6 Å². The third-order valence-corrected chi connectivity index (χ3v) is 6.32. The summed E-state index contributed by atoms with van der Waals surface area (Å²) >= 11 is 1.68. The molecule has 1 aliphatic heterocycles. The summed E-state index contributed by atoms with van der Waals surface area (Å²) in [5.41, 5.74) is 5.30. The van der Waals surface area contributed by atoms with Crippen molar-refractivity contribution in [3.63, 3.8) is 0 Å². The highest BCUT2D eigenvalue weighted by molar-refractivity contribution is 7.13. The van der Waals surface area contributed by atoms with E-state index in [1.165, 1.54) is 11.4 Å². The lowest BCUT2D eigenvalue weighted by molar-refractivity contribution is 0.0767. The zero-order valence-corrected chi connectivity index (χ0v) is 17.5. The Morgan fingerprint density at radius 2 is 1.64 bits per heavy atom. The second-order valence-electron chi connectivity index (χ2n) is 7.40. The molecule has 0 aliphatic carbocycles. The predicted molar refractivity (Wildman–Crippen MR) is 115 cm³/mol. The first-order valence-electron chi connectivity index (χ1n) is 9.74. The van der Waals surface area contributed by atoms with E-state index in [9.17, 15) is 4.79 Å². The lowest BCUT2D eigenvalue weighted by Crippen LogP contribution is -2.35. The Labute approximate surface area is 170 Å². The van der Waals surface area contributed by atoms with Gasteiger partial charge in [-0.3, -0.25) is 4.79 Å². The monoisotopic (exact) mass is 394 g/mol. The fourth-order valence-electron chi connectivity index (χ4n) is 3.81. The third-order valence-electron chi connectivity index (χ3n) is 5.30. The maximum Gasteiger partial charge on any atom is 0.253 e. The molecule has 0 bridgehead atoms. The van der Waals surface area contributed by atoms with Crippen LogP contribution in [0.4, 0.5) is 5.13 Å². The fraction of sp³-hybridized carbons (Fsp3) is 0.364. The molecule has 6 heteroatoms. The molecule has 1 saturated heterocycles.